The van der Waals surface area contributed by atoms with E-state index in [0.717, 1.165) is 0 Å². The monoisotopic (exact) mass is 270 g/mol. The van der Waals surface area contributed by atoms with Crippen molar-refractivity contribution >= 4 is 16.4 Å². The van der Waals surface area contributed by atoms with Crippen molar-refractivity contribution in [3.05, 3.63) is 0 Å². The normalized spacial score (nSPS) is 24.5. The lowest BCUT2D eigenvalue weighted by atomic mass is 10.2. The second kappa shape index (κ2) is 6.26. The molecule has 0 bridgehead atoms. The molecular formula is C8H14O8S. The molecule has 0 amide bonds. The average molecular weight is 270 g/mol. The lowest BCUT2D eigenvalue weighted by molar-refractivity contribution is -0.314. The quantitative estimate of drug-likeness (QED) is 0.472. The van der Waals surface area contributed by atoms with Crippen molar-refractivity contribution in [3.63, 3.8) is 0 Å². The molecule has 1 aliphatic heterocycles. The van der Waals surface area contributed by atoms with E-state index in [1.807, 2.05) is 0 Å². The molecule has 1 rings (SSSR count). The van der Waals surface area contributed by atoms with Crippen LogP contribution >= 0.6 is 0 Å². The number of hydrogen-bond acceptors (Lipinski definition) is 8. The topological polar surface area (TPSA) is 97.4 Å². The molecule has 1 aliphatic rings. The number of carbonyl (C=O) groups is 1. The van der Waals surface area contributed by atoms with Gasteiger partial charge in [-0.2, -0.15) is 13.3 Å². The summed E-state index contributed by atoms with van der Waals surface area (Å²) < 4.78 is 35.6. The van der Waals surface area contributed by atoms with E-state index < -0.39 is 28.6 Å². The first-order valence-electron chi connectivity index (χ1n) is 4.91. The molecule has 0 aromatic heterocycles. The molecule has 0 N–H and O–H groups in total. The van der Waals surface area contributed by atoms with E-state index in [-0.39, 0.29) is 19.6 Å². The zero-order chi connectivity index (χ0) is 12.9. The summed E-state index contributed by atoms with van der Waals surface area (Å²) in [7, 11) is -2.59. The van der Waals surface area contributed by atoms with Gasteiger partial charge in [0.15, 0.2) is 6.10 Å². The van der Waals surface area contributed by atoms with Gasteiger partial charge in [-0.1, -0.05) is 6.92 Å². The first kappa shape index (κ1) is 14.3. The predicted molar refractivity (Wildman–Crippen MR) is 52.9 cm³/mol. The molecule has 2 unspecified atom stereocenters. The van der Waals surface area contributed by atoms with Crippen LogP contribution in [0.15, 0.2) is 0 Å². The first-order valence-corrected chi connectivity index (χ1v) is 6.24. The second-order valence-electron chi connectivity index (χ2n) is 3.23. The summed E-state index contributed by atoms with van der Waals surface area (Å²) in [6.45, 7) is 1.39. The van der Waals surface area contributed by atoms with Crippen LogP contribution in [0.2, 0.25) is 0 Å². The Kier molecular flexibility index (Phi) is 5.28. The van der Waals surface area contributed by atoms with Crippen LogP contribution in [0.5, 0.6) is 0 Å². The third-order valence-corrected chi connectivity index (χ3v) is 2.82. The van der Waals surface area contributed by atoms with E-state index >= 15 is 0 Å². The van der Waals surface area contributed by atoms with Gasteiger partial charge in [-0.25, -0.2) is 13.2 Å². The molecule has 0 aromatic carbocycles. The Morgan fingerprint density at radius 1 is 1.53 bits per heavy atom. The molecular weight excluding hydrogens is 256 g/mol. The van der Waals surface area contributed by atoms with E-state index in [2.05, 4.69) is 13.3 Å². The molecule has 1 fully saturated rings. The Balaban J connectivity index is 2.51. The minimum Gasteiger partial charge on any atom is -0.382 e. The van der Waals surface area contributed by atoms with Crippen molar-refractivity contribution in [2.24, 2.45) is 0 Å². The van der Waals surface area contributed by atoms with Crippen molar-refractivity contribution in [2.75, 3.05) is 20.3 Å². The van der Waals surface area contributed by atoms with Crippen LogP contribution in [0.25, 0.3) is 0 Å². The SMILES string of the molecule is CCC(=O)OOC(COC)C1COS(=O)(=O)O1. The van der Waals surface area contributed by atoms with E-state index in [0.29, 0.717) is 0 Å². The number of methoxy groups -OCH3 is 1. The predicted octanol–water partition coefficient (Wildman–Crippen LogP) is -0.454. The van der Waals surface area contributed by atoms with Gasteiger partial charge in [-0.3, -0.25) is 4.89 Å². The highest BCUT2D eigenvalue weighted by atomic mass is 32.3. The third-order valence-electron chi connectivity index (χ3n) is 1.92. The number of carbonyl (C=O) groups excluding carboxylic acids is 1. The lowest BCUT2D eigenvalue weighted by Gasteiger charge is -2.17. The van der Waals surface area contributed by atoms with Crippen molar-refractivity contribution in [3.8, 4) is 0 Å². The summed E-state index contributed by atoms with van der Waals surface area (Å²) in [5.74, 6) is -0.576. The van der Waals surface area contributed by atoms with E-state index in [1.165, 1.54) is 7.11 Å². The molecule has 2 atom stereocenters. The Hall–Kier alpha value is -0.740. The lowest BCUT2D eigenvalue weighted by Crippen LogP contribution is -2.35. The largest absolute Gasteiger partial charge is 0.400 e. The minimum atomic E-state index is -3.98. The summed E-state index contributed by atoms with van der Waals surface area (Å²) in [6.07, 6.45) is -1.63. The Bertz CT molecular complexity index is 351. The molecule has 17 heavy (non-hydrogen) atoms. The molecule has 0 aromatic rings. The Morgan fingerprint density at radius 2 is 2.24 bits per heavy atom. The zero-order valence-electron chi connectivity index (χ0n) is 9.45. The van der Waals surface area contributed by atoms with E-state index in [9.17, 15) is 13.2 Å². The maximum absolute atomic E-state index is 10.9. The van der Waals surface area contributed by atoms with Crippen molar-refractivity contribution in [1.29, 1.82) is 0 Å². The molecule has 100 valence electrons. The summed E-state index contributed by atoms with van der Waals surface area (Å²) in [6, 6.07) is 0. The molecule has 1 saturated heterocycles. The highest BCUT2D eigenvalue weighted by molar-refractivity contribution is 7.82. The molecule has 0 spiro atoms. The summed E-state index contributed by atoms with van der Waals surface area (Å²) in [5, 5.41) is 0. The fourth-order valence-electron chi connectivity index (χ4n) is 1.06. The first-order chi connectivity index (χ1) is 7.98. The molecule has 1 heterocycles. The maximum Gasteiger partial charge on any atom is 0.400 e. The van der Waals surface area contributed by atoms with Gasteiger partial charge in [-0.05, 0) is 0 Å². The summed E-state index contributed by atoms with van der Waals surface area (Å²) >= 11 is 0. The minimum absolute atomic E-state index is 0.000537. The van der Waals surface area contributed by atoms with Crippen molar-refractivity contribution in [1.82, 2.24) is 0 Å². The Labute approximate surface area is 99.0 Å². The summed E-state index contributed by atoms with van der Waals surface area (Å²) in [4.78, 5) is 20.1. The van der Waals surface area contributed by atoms with Gasteiger partial charge >= 0.3 is 16.4 Å². The molecule has 0 saturated carbocycles. The van der Waals surface area contributed by atoms with E-state index in [4.69, 9.17) is 9.62 Å². The van der Waals surface area contributed by atoms with Crippen molar-refractivity contribution in [2.45, 2.75) is 25.6 Å². The van der Waals surface area contributed by atoms with Crippen LogP contribution in [-0.4, -0.2) is 46.9 Å². The number of ether oxygens (including phenoxy) is 1. The van der Waals surface area contributed by atoms with Crippen LogP contribution in [-0.2, 0) is 38.1 Å². The van der Waals surface area contributed by atoms with E-state index in [1.54, 1.807) is 6.92 Å². The third kappa shape index (κ3) is 4.56. The number of hydrogen-bond donors (Lipinski definition) is 0. The van der Waals surface area contributed by atoms with Crippen LogP contribution in [0.4, 0.5) is 0 Å². The fraction of sp³-hybridized carbons (Fsp3) is 0.875. The van der Waals surface area contributed by atoms with Crippen LogP contribution in [0.3, 0.4) is 0 Å². The van der Waals surface area contributed by atoms with Gasteiger partial charge in [0.25, 0.3) is 0 Å². The smallest absolute Gasteiger partial charge is 0.382 e. The molecule has 9 heteroatoms. The molecule has 8 nitrogen and oxygen atoms in total. The standard InChI is InChI=1S/C8H14O8S/c1-3-8(9)15-14-6(4-12-2)7-5-13-17(10,11)16-7/h6-7H,3-5H2,1-2H3. The van der Waals surface area contributed by atoms with Gasteiger partial charge in [0, 0.05) is 13.5 Å². The Morgan fingerprint density at radius 3 is 2.71 bits per heavy atom. The van der Waals surface area contributed by atoms with Gasteiger partial charge in [0.2, 0.25) is 0 Å². The summed E-state index contributed by atoms with van der Waals surface area (Å²) in [5.41, 5.74) is 0. The van der Waals surface area contributed by atoms with Crippen LogP contribution in [0.1, 0.15) is 13.3 Å². The number of rotatable bonds is 6. The van der Waals surface area contributed by atoms with Crippen LogP contribution < -0.4 is 0 Å². The average Bonchev–Trinajstić information content (AvgIpc) is 2.64. The highest BCUT2D eigenvalue weighted by Gasteiger charge is 2.38. The maximum atomic E-state index is 10.9. The van der Waals surface area contributed by atoms with Crippen LogP contribution in [0, 0.1) is 0 Å². The van der Waals surface area contributed by atoms with Gasteiger partial charge in [-0.15, -0.1) is 0 Å². The van der Waals surface area contributed by atoms with Gasteiger partial charge in [0.1, 0.15) is 6.10 Å². The van der Waals surface area contributed by atoms with Gasteiger partial charge in [0.05, 0.1) is 13.2 Å². The molecule has 0 radical (unpaired) electrons. The zero-order valence-corrected chi connectivity index (χ0v) is 10.3. The second-order valence-corrected chi connectivity index (χ2v) is 4.47. The van der Waals surface area contributed by atoms with Crippen molar-refractivity contribution < 1.29 is 36.1 Å². The highest BCUT2D eigenvalue weighted by Crippen LogP contribution is 2.18. The fourth-order valence-corrected chi connectivity index (χ4v) is 1.90. The molecule has 0 aliphatic carbocycles. The van der Waals surface area contributed by atoms with Gasteiger partial charge < -0.3 is 4.74 Å².